The van der Waals surface area contributed by atoms with Crippen molar-refractivity contribution in [2.24, 2.45) is 0 Å². The fraction of sp³-hybridized carbons (Fsp3) is 0.300. The van der Waals surface area contributed by atoms with Gasteiger partial charge in [-0.05, 0) is 48.9 Å². The average molecular weight is 370 g/mol. The molecule has 2 amide bonds. The van der Waals surface area contributed by atoms with Gasteiger partial charge in [0.15, 0.2) is 11.5 Å². The Bertz CT molecular complexity index is 820. The Balaban J connectivity index is 1.59. The molecule has 0 radical (unpaired) electrons. The zero-order valence-electron chi connectivity index (χ0n) is 15.4. The summed E-state index contributed by atoms with van der Waals surface area (Å²) in [4.78, 5) is 25.7. The Morgan fingerprint density at radius 2 is 1.85 bits per heavy atom. The topological polar surface area (TPSA) is 77.1 Å². The van der Waals surface area contributed by atoms with E-state index in [0.29, 0.717) is 30.3 Å². The number of anilines is 1. The second-order valence-electron chi connectivity index (χ2n) is 6.00. The summed E-state index contributed by atoms with van der Waals surface area (Å²) in [6.45, 7) is 4.39. The molecule has 0 saturated heterocycles. The number of ether oxygens (including phenoxy) is 3. The molecule has 2 aromatic rings. The molecule has 7 nitrogen and oxygen atoms in total. The zero-order valence-corrected chi connectivity index (χ0v) is 15.4. The first-order valence-electron chi connectivity index (χ1n) is 8.73. The molecule has 1 aliphatic rings. The lowest BCUT2D eigenvalue weighted by atomic mass is 10.2. The Morgan fingerprint density at radius 3 is 2.56 bits per heavy atom. The zero-order chi connectivity index (χ0) is 19.2. The van der Waals surface area contributed by atoms with Gasteiger partial charge in [0.25, 0.3) is 0 Å². The van der Waals surface area contributed by atoms with Crippen LogP contribution in [0.25, 0.3) is 0 Å². The van der Waals surface area contributed by atoms with Crippen molar-refractivity contribution >= 4 is 17.5 Å². The van der Waals surface area contributed by atoms with Crippen LogP contribution in [0.2, 0.25) is 0 Å². The molecule has 2 aromatic carbocycles. The van der Waals surface area contributed by atoms with E-state index in [1.165, 1.54) is 11.8 Å². The molecule has 0 unspecified atom stereocenters. The summed E-state index contributed by atoms with van der Waals surface area (Å²) in [6, 6.07) is 12.6. The van der Waals surface area contributed by atoms with Crippen LogP contribution in [0.3, 0.4) is 0 Å². The van der Waals surface area contributed by atoms with Gasteiger partial charge < -0.3 is 24.4 Å². The lowest BCUT2D eigenvalue weighted by molar-refractivity contribution is -0.123. The predicted octanol–water partition coefficient (Wildman–Crippen LogP) is 2.48. The third-order valence-electron chi connectivity index (χ3n) is 4.07. The van der Waals surface area contributed by atoms with Crippen LogP contribution in [-0.2, 0) is 16.1 Å². The number of benzene rings is 2. The second kappa shape index (κ2) is 8.44. The van der Waals surface area contributed by atoms with Gasteiger partial charge in [-0.2, -0.15) is 0 Å². The highest BCUT2D eigenvalue weighted by molar-refractivity contribution is 5.97. The van der Waals surface area contributed by atoms with Crippen LogP contribution in [0.5, 0.6) is 17.2 Å². The highest BCUT2D eigenvalue weighted by Crippen LogP contribution is 2.32. The van der Waals surface area contributed by atoms with E-state index in [1.807, 2.05) is 25.1 Å². The maximum atomic E-state index is 12.3. The van der Waals surface area contributed by atoms with Crippen molar-refractivity contribution < 1.29 is 23.8 Å². The highest BCUT2D eigenvalue weighted by Gasteiger charge is 2.17. The molecule has 0 saturated carbocycles. The summed E-state index contributed by atoms with van der Waals surface area (Å²) < 4.78 is 16.0. The van der Waals surface area contributed by atoms with Gasteiger partial charge in [-0.3, -0.25) is 9.59 Å². The fourth-order valence-corrected chi connectivity index (χ4v) is 2.72. The molecule has 0 bridgehead atoms. The van der Waals surface area contributed by atoms with Crippen molar-refractivity contribution in [2.75, 3.05) is 24.8 Å². The van der Waals surface area contributed by atoms with E-state index in [-0.39, 0.29) is 25.2 Å². The Hall–Kier alpha value is -3.22. The Kier molecular flexibility index (Phi) is 5.80. The van der Waals surface area contributed by atoms with Gasteiger partial charge in [0, 0.05) is 19.2 Å². The molecule has 0 aromatic heterocycles. The van der Waals surface area contributed by atoms with Gasteiger partial charge in [-0.15, -0.1) is 0 Å². The maximum Gasteiger partial charge on any atom is 0.240 e. The number of hydrogen-bond acceptors (Lipinski definition) is 5. The van der Waals surface area contributed by atoms with Gasteiger partial charge >= 0.3 is 0 Å². The lowest BCUT2D eigenvalue weighted by Crippen LogP contribution is -2.39. The van der Waals surface area contributed by atoms with Crippen molar-refractivity contribution in [2.45, 2.75) is 20.4 Å². The first-order valence-corrected chi connectivity index (χ1v) is 8.73. The van der Waals surface area contributed by atoms with Crippen LogP contribution in [0.1, 0.15) is 19.4 Å². The smallest absolute Gasteiger partial charge is 0.240 e. The van der Waals surface area contributed by atoms with Crippen molar-refractivity contribution in [3.63, 3.8) is 0 Å². The first-order chi connectivity index (χ1) is 13.1. The van der Waals surface area contributed by atoms with E-state index in [1.54, 1.807) is 24.3 Å². The van der Waals surface area contributed by atoms with Crippen molar-refractivity contribution in [1.29, 1.82) is 0 Å². The number of carbonyl (C=O) groups is 2. The van der Waals surface area contributed by atoms with Gasteiger partial charge in [0.1, 0.15) is 12.3 Å². The van der Waals surface area contributed by atoms with E-state index in [2.05, 4.69) is 5.32 Å². The number of nitrogens with zero attached hydrogens (tertiary/aromatic N) is 1. The third-order valence-corrected chi connectivity index (χ3v) is 4.07. The Morgan fingerprint density at radius 1 is 1.11 bits per heavy atom. The predicted molar refractivity (Wildman–Crippen MR) is 100 cm³/mol. The van der Waals surface area contributed by atoms with Crippen LogP contribution in [0.4, 0.5) is 5.69 Å². The largest absolute Gasteiger partial charge is 0.494 e. The fourth-order valence-electron chi connectivity index (χ4n) is 2.72. The standard InChI is InChI=1S/C20H22N2O5/c1-3-25-17-7-5-16(6-8-17)22(14(2)23)12-20(24)21-11-15-4-9-18-19(10-15)27-13-26-18/h4-10H,3,11-13H2,1-2H3,(H,21,24). The molecule has 1 N–H and O–H groups in total. The monoisotopic (exact) mass is 370 g/mol. The summed E-state index contributed by atoms with van der Waals surface area (Å²) in [5, 5.41) is 2.82. The van der Waals surface area contributed by atoms with Gasteiger partial charge in [0.05, 0.1) is 6.61 Å². The molecule has 1 heterocycles. The number of fused-ring (bicyclic) bond motifs is 1. The van der Waals surface area contributed by atoms with Crippen molar-refractivity contribution in [1.82, 2.24) is 5.32 Å². The highest BCUT2D eigenvalue weighted by atomic mass is 16.7. The molecule has 0 atom stereocenters. The Labute approximate surface area is 157 Å². The van der Waals surface area contributed by atoms with Crippen molar-refractivity contribution in [3.8, 4) is 17.2 Å². The van der Waals surface area contributed by atoms with Gasteiger partial charge in [-0.1, -0.05) is 6.07 Å². The third kappa shape index (κ3) is 4.69. The summed E-state index contributed by atoms with van der Waals surface area (Å²) in [5.41, 5.74) is 1.53. The molecule has 0 spiro atoms. The van der Waals surface area contributed by atoms with Crippen LogP contribution in [0.15, 0.2) is 42.5 Å². The number of rotatable bonds is 7. The molecule has 27 heavy (non-hydrogen) atoms. The van der Waals surface area contributed by atoms with E-state index in [9.17, 15) is 9.59 Å². The van der Waals surface area contributed by atoms with Crippen LogP contribution in [-0.4, -0.2) is 31.8 Å². The molecule has 7 heteroatoms. The van der Waals surface area contributed by atoms with E-state index < -0.39 is 0 Å². The lowest BCUT2D eigenvalue weighted by Gasteiger charge is -2.21. The summed E-state index contributed by atoms with van der Waals surface area (Å²) in [6.07, 6.45) is 0. The SMILES string of the molecule is CCOc1ccc(N(CC(=O)NCc2ccc3c(c2)OCO3)C(C)=O)cc1. The number of carbonyl (C=O) groups excluding carboxylic acids is 2. The van der Waals surface area contributed by atoms with Crippen LogP contribution < -0.4 is 24.4 Å². The van der Waals surface area contributed by atoms with Crippen molar-refractivity contribution in [3.05, 3.63) is 48.0 Å². The molecular weight excluding hydrogens is 348 g/mol. The number of nitrogens with one attached hydrogen (secondary N) is 1. The first kappa shape index (κ1) is 18.6. The van der Waals surface area contributed by atoms with Gasteiger partial charge in [0.2, 0.25) is 18.6 Å². The summed E-state index contributed by atoms with van der Waals surface area (Å²) in [7, 11) is 0. The minimum Gasteiger partial charge on any atom is -0.494 e. The number of amides is 2. The second-order valence-corrected chi connectivity index (χ2v) is 6.00. The summed E-state index contributed by atoms with van der Waals surface area (Å²) >= 11 is 0. The van der Waals surface area contributed by atoms with Crippen LogP contribution in [0, 0.1) is 0 Å². The van der Waals surface area contributed by atoms with E-state index in [0.717, 1.165) is 11.3 Å². The number of hydrogen-bond donors (Lipinski definition) is 1. The molecule has 142 valence electrons. The minimum atomic E-state index is -0.253. The molecule has 0 aliphatic carbocycles. The maximum absolute atomic E-state index is 12.3. The normalized spacial score (nSPS) is 11.8. The average Bonchev–Trinajstić information content (AvgIpc) is 3.13. The van der Waals surface area contributed by atoms with E-state index >= 15 is 0 Å². The molecule has 0 fully saturated rings. The molecule has 1 aliphatic heterocycles. The minimum absolute atomic E-state index is 0.0616. The quantitative estimate of drug-likeness (QED) is 0.810. The van der Waals surface area contributed by atoms with Gasteiger partial charge in [-0.25, -0.2) is 0 Å². The summed E-state index contributed by atoms with van der Waals surface area (Å²) in [5.74, 6) is 1.62. The molecule has 3 rings (SSSR count). The van der Waals surface area contributed by atoms with Crippen LogP contribution >= 0.6 is 0 Å². The van der Waals surface area contributed by atoms with E-state index in [4.69, 9.17) is 14.2 Å². The molecular formula is C20H22N2O5.